The molecule has 0 radical (unpaired) electrons. The molecule has 2 heterocycles. The molecule has 3 amide bonds. The van der Waals surface area contributed by atoms with Gasteiger partial charge in [-0.1, -0.05) is 38.1 Å². The van der Waals surface area contributed by atoms with Crippen molar-refractivity contribution < 1.29 is 9.59 Å². The zero-order chi connectivity index (χ0) is 19.4. The molecular weight excluding hydrogens is 340 g/mol. The Bertz CT molecular complexity index is 668. The van der Waals surface area contributed by atoms with Crippen molar-refractivity contribution in [3.05, 3.63) is 35.4 Å². The normalized spacial score (nSPS) is 19.6. The fraction of sp³-hybridized carbons (Fsp3) is 0.619. The molecule has 27 heavy (non-hydrogen) atoms. The van der Waals surface area contributed by atoms with Crippen LogP contribution >= 0.6 is 0 Å². The molecule has 0 saturated carbocycles. The lowest BCUT2D eigenvalue weighted by Gasteiger charge is -2.38. The van der Waals surface area contributed by atoms with Crippen molar-refractivity contribution in [2.75, 3.05) is 26.2 Å². The number of amides is 3. The Morgan fingerprint density at radius 3 is 2.44 bits per heavy atom. The number of urea groups is 1. The molecule has 0 aromatic heterocycles. The van der Waals surface area contributed by atoms with Crippen LogP contribution in [0.25, 0.3) is 0 Å². The van der Waals surface area contributed by atoms with E-state index in [1.54, 1.807) is 0 Å². The molecule has 3 N–H and O–H groups in total. The van der Waals surface area contributed by atoms with Crippen molar-refractivity contribution >= 4 is 11.9 Å². The summed E-state index contributed by atoms with van der Waals surface area (Å²) in [6.45, 7) is 8.25. The maximum Gasteiger partial charge on any atom is 0.317 e. The van der Waals surface area contributed by atoms with Crippen molar-refractivity contribution in [2.45, 2.75) is 45.7 Å². The number of likely N-dealkylation sites (tertiary alicyclic amines) is 1. The van der Waals surface area contributed by atoms with Gasteiger partial charge in [0, 0.05) is 44.7 Å². The maximum absolute atomic E-state index is 12.6. The number of rotatable bonds is 5. The van der Waals surface area contributed by atoms with E-state index >= 15 is 0 Å². The van der Waals surface area contributed by atoms with Gasteiger partial charge in [0.15, 0.2) is 0 Å². The van der Waals surface area contributed by atoms with Gasteiger partial charge >= 0.3 is 6.03 Å². The van der Waals surface area contributed by atoms with Crippen LogP contribution in [0.4, 0.5) is 4.79 Å². The van der Waals surface area contributed by atoms with E-state index in [-0.39, 0.29) is 17.9 Å². The maximum atomic E-state index is 12.6. The standard InChI is InChI=1S/C21H32N4O2/c1-15(2)19(25-12-7-16-5-3-4-6-18(16)14-25)13-23-21(27)24-10-8-17(9-11-24)20(22)26/h3-6,15,17,19H,7-14H2,1-2H3,(H2,22,26)(H,23,27)/t19-/m1/s1. The molecule has 1 fully saturated rings. The number of carbonyl (C=O) groups is 2. The number of fused-ring (bicyclic) bond motifs is 1. The number of piperidine rings is 1. The zero-order valence-corrected chi connectivity index (χ0v) is 16.5. The predicted octanol–water partition coefficient (Wildman–Crippen LogP) is 1.98. The van der Waals surface area contributed by atoms with Crippen LogP contribution in [-0.4, -0.2) is 54.0 Å². The first-order chi connectivity index (χ1) is 13.0. The highest BCUT2D eigenvalue weighted by Crippen LogP contribution is 2.23. The Kier molecular flexibility index (Phi) is 6.37. The zero-order valence-electron chi connectivity index (χ0n) is 16.5. The minimum absolute atomic E-state index is 0.0269. The fourth-order valence-electron chi connectivity index (χ4n) is 4.26. The third-order valence-electron chi connectivity index (χ3n) is 6.05. The summed E-state index contributed by atoms with van der Waals surface area (Å²) < 4.78 is 0. The molecule has 3 rings (SSSR count). The number of nitrogens with two attached hydrogens (primary N) is 1. The second kappa shape index (κ2) is 8.74. The SMILES string of the molecule is CC(C)[C@@H](CNC(=O)N1CCC(C(N)=O)CC1)N1CCc2ccccc2C1. The molecule has 148 valence electrons. The number of nitrogens with zero attached hydrogens (tertiary/aromatic N) is 2. The first kappa shape index (κ1) is 19.7. The van der Waals surface area contributed by atoms with E-state index in [1.807, 2.05) is 4.90 Å². The molecule has 0 bridgehead atoms. The molecule has 0 aliphatic carbocycles. The van der Waals surface area contributed by atoms with Crippen LogP contribution in [0.15, 0.2) is 24.3 Å². The van der Waals surface area contributed by atoms with E-state index in [0.29, 0.717) is 44.4 Å². The van der Waals surface area contributed by atoms with Gasteiger partial charge in [-0.2, -0.15) is 0 Å². The number of nitrogens with one attached hydrogen (secondary N) is 1. The highest BCUT2D eigenvalue weighted by Gasteiger charge is 2.29. The molecule has 0 unspecified atom stereocenters. The second-order valence-electron chi connectivity index (χ2n) is 8.15. The van der Waals surface area contributed by atoms with E-state index in [2.05, 4.69) is 48.3 Å². The quantitative estimate of drug-likeness (QED) is 0.829. The summed E-state index contributed by atoms with van der Waals surface area (Å²) in [4.78, 5) is 28.1. The molecular formula is C21H32N4O2. The van der Waals surface area contributed by atoms with Crippen molar-refractivity contribution in [3.8, 4) is 0 Å². The monoisotopic (exact) mass is 372 g/mol. The third kappa shape index (κ3) is 4.80. The first-order valence-corrected chi connectivity index (χ1v) is 10.1. The van der Waals surface area contributed by atoms with Crippen LogP contribution in [0.2, 0.25) is 0 Å². The molecule has 1 aromatic carbocycles. The molecule has 1 aromatic rings. The van der Waals surface area contributed by atoms with Gasteiger partial charge < -0.3 is 16.0 Å². The predicted molar refractivity (Wildman–Crippen MR) is 106 cm³/mol. The van der Waals surface area contributed by atoms with Crippen LogP contribution in [0.5, 0.6) is 0 Å². The summed E-state index contributed by atoms with van der Waals surface area (Å²) in [6.07, 6.45) is 2.40. The summed E-state index contributed by atoms with van der Waals surface area (Å²) in [6, 6.07) is 8.92. The molecule has 2 aliphatic heterocycles. The van der Waals surface area contributed by atoms with Crippen LogP contribution in [0, 0.1) is 11.8 Å². The first-order valence-electron chi connectivity index (χ1n) is 10.1. The second-order valence-corrected chi connectivity index (χ2v) is 8.15. The number of carbonyl (C=O) groups excluding carboxylic acids is 2. The van der Waals surface area contributed by atoms with Gasteiger partial charge in [0.05, 0.1) is 0 Å². The van der Waals surface area contributed by atoms with Gasteiger partial charge in [-0.05, 0) is 36.3 Å². The van der Waals surface area contributed by atoms with Crippen LogP contribution < -0.4 is 11.1 Å². The van der Waals surface area contributed by atoms with E-state index in [4.69, 9.17) is 5.73 Å². The Hall–Kier alpha value is -2.08. The Balaban J connectivity index is 1.53. The number of hydrogen-bond acceptors (Lipinski definition) is 3. The van der Waals surface area contributed by atoms with Crippen molar-refractivity contribution in [3.63, 3.8) is 0 Å². The summed E-state index contributed by atoms with van der Waals surface area (Å²) in [5, 5.41) is 3.13. The summed E-state index contributed by atoms with van der Waals surface area (Å²) in [5.41, 5.74) is 8.21. The summed E-state index contributed by atoms with van der Waals surface area (Å²) in [7, 11) is 0. The van der Waals surface area contributed by atoms with Gasteiger partial charge in [-0.3, -0.25) is 9.69 Å². The summed E-state index contributed by atoms with van der Waals surface area (Å²) >= 11 is 0. The molecule has 1 saturated heterocycles. The molecule has 2 aliphatic rings. The highest BCUT2D eigenvalue weighted by molar-refractivity contribution is 5.78. The number of benzene rings is 1. The molecule has 1 atom stereocenters. The van der Waals surface area contributed by atoms with E-state index in [1.165, 1.54) is 11.1 Å². The number of primary amides is 1. The van der Waals surface area contributed by atoms with E-state index in [9.17, 15) is 9.59 Å². The molecule has 6 nitrogen and oxygen atoms in total. The smallest absolute Gasteiger partial charge is 0.317 e. The third-order valence-corrected chi connectivity index (χ3v) is 6.05. The van der Waals surface area contributed by atoms with Gasteiger partial charge in [-0.25, -0.2) is 4.79 Å². The van der Waals surface area contributed by atoms with Gasteiger partial charge in [0.25, 0.3) is 0 Å². The van der Waals surface area contributed by atoms with Crippen molar-refractivity contribution in [1.82, 2.24) is 15.1 Å². The Labute approximate surface area is 162 Å². The number of hydrogen-bond donors (Lipinski definition) is 2. The van der Waals surface area contributed by atoms with Crippen molar-refractivity contribution in [1.29, 1.82) is 0 Å². The Morgan fingerprint density at radius 2 is 1.81 bits per heavy atom. The topological polar surface area (TPSA) is 78.7 Å². The lowest BCUT2D eigenvalue weighted by Crippen LogP contribution is -2.52. The van der Waals surface area contributed by atoms with Gasteiger partial charge in [-0.15, -0.1) is 0 Å². The lowest BCUT2D eigenvalue weighted by molar-refractivity contribution is -0.123. The lowest BCUT2D eigenvalue weighted by atomic mass is 9.95. The minimum Gasteiger partial charge on any atom is -0.369 e. The van der Waals surface area contributed by atoms with Crippen LogP contribution in [-0.2, 0) is 17.8 Å². The van der Waals surface area contributed by atoms with E-state index < -0.39 is 0 Å². The van der Waals surface area contributed by atoms with Gasteiger partial charge in [0.1, 0.15) is 0 Å². The minimum atomic E-state index is -0.250. The van der Waals surface area contributed by atoms with Crippen LogP contribution in [0.1, 0.15) is 37.8 Å². The average Bonchev–Trinajstić information content (AvgIpc) is 2.67. The van der Waals surface area contributed by atoms with Crippen LogP contribution in [0.3, 0.4) is 0 Å². The largest absolute Gasteiger partial charge is 0.369 e. The fourth-order valence-corrected chi connectivity index (χ4v) is 4.26. The molecule has 6 heteroatoms. The highest BCUT2D eigenvalue weighted by atomic mass is 16.2. The van der Waals surface area contributed by atoms with E-state index in [0.717, 1.165) is 19.5 Å². The van der Waals surface area contributed by atoms with Crippen molar-refractivity contribution in [2.24, 2.45) is 17.6 Å². The Morgan fingerprint density at radius 1 is 1.15 bits per heavy atom. The van der Waals surface area contributed by atoms with Gasteiger partial charge in [0.2, 0.25) is 5.91 Å². The molecule has 0 spiro atoms. The average molecular weight is 373 g/mol. The summed E-state index contributed by atoms with van der Waals surface area (Å²) in [5.74, 6) is 0.113.